The molecule has 6 heteroatoms. The molecule has 0 atom stereocenters. The Morgan fingerprint density at radius 2 is 2.00 bits per heavy atom. The molecule has 1 aromatic carbocycles. The smallest absolute Gasteiger partial charge is 0.305 e. The molecule has 0 saturated carbocycles. The molecule has 0 saturated heterocycles. The van der Waals surface area contributed by atoms with Crippen molar-refractivity contribution in [3.05, 3.63) is 46.2 Å². The normalized spacial score (nSPS) is 10.5. The molecule has 116 valence electrons. The molecule has 0 radical (unpaired) electrons. The maximum atomic E-state index is 12.5. The zero-order chi connectivity index (χ0) is 16.1. The number of esters is 1. The number of ether oxygens (including phenoxy) is 1. The number of carbonyl (C=O) groups excluding carboxylic acids is 2. The summed E-state index contributed by atoms with van der Waals surface area (Å²) in [5, 5.41) is 0.701. The lowest BCUT2D eigenvalue weighted by Gasteiger charge is -2.17. The number of H-pyrrole nitrogens is 1. The minimum atomic E-state index is -0.315. The summed E-state index contributed by atoms with van der Waals surface area (Å²) < 4.78 is 4.56. The number of nitrogens with one attached hydrogen (secondary N) is 1. The lowest BCUT2D eigenvalue weighted by atomic mass is 10.1. The molecule has 22 heavy (non-hydrogen) atoms. The fraction of sp³-hybridized carbons (Fsp3) is 0.312. The van der Waals surface area contributed by atoms with Crippen LogP contribution < -0.4 is 5.56 Å². The SMILES string of the molecule is COC(=O)CCCN(C)C(=O)c1cc(=O)[nH]c2ccccc12. The number of carbonyl (C=O) groups is 2. The number of para-hydroxylation sites is 1. The fourth-order valence-electron chi connectivity index (χ4n) is 2.25. The minimum absolute atomic E-state index is 0.243. The van der Waals surface area contributed by atoms with E-state index >= 15 is 0 Å². The molecule has 1 amide bonds. The van der Waals surface area contributed by atoms with E-state index in [0.29, 0.717) is 29.4 Å². The Bertz CT molecular complexity index is 751. The summed E-state index contributed by atoms with van der Waals surface area (Å²) in [6.07, 6.45) is 0.764. The number of aromatic amines is 1. The number of fused-ring (bicyclic) bond motifs is 1. The highest BCUT2D eigenvalue weighted by Gasteiger charge is 2.16. The van der Waals surface area contributed by atoms with Crippen LogP contribution in [-0.4, -0.2) is 42.5 Å². The van der Waals surface area contributed by atoms with E-state index in [9.17, 15) is 14.4 Å². The number of benzene rings is 1. The third-order valence-corrected chi connectivity index (χ3v) is 3.43. The molecule has 0 aliphatic rings. The second kappa shape index (κ2) is 6.89. The molecule has 0 unspecified atom stereocenters. The first kappa shape index (κ1) is 15.8. The van der Waals surface area contributed by atoms with Gasteiger partial charge in [-0.3, -0.25) is 14.4 Å². The van der Waals surface area contributed by atoms with Gasteiger partial charge in [-0.2, -0.15) is 0 Å². The van der Waals surface area contributed by atoms with Gasteiger partial charge in [0.05, 0.1) is 12.7 Å². The third kappa shape index (κ3) is 3.52. The Morgan fingerprint density at radius 1 is 1.27 bits per heavy atom. The fourth-order valence-corrected chi connectivity index (χ4v) is 2.25. The molecule has 0 aliphatic heterocycles. The minimum Gasteiger partial charge on any atom is -0.469 e. The van der Waals surface area contributed by atoms with Crippen LogP contribution in [0.3, 0.4) is 0 Å². The first-order valence-corrected chi connectivity index (χ1v) is 6.97. The number of methoxy groups -OCH3 is 1. The van der Waals surface area contributed by atoms with Gasteiger partial charge in [0.1, 0.15) is 0 Å². The Kier molecular flexibility index (Phi) is 4.93. The maximum Gasteiger partial charge on any atom is 0.305 e. The molecule has 2 rings (SSSR count). The van der Waals surface area contributed by atoms with Crippen LogP contribution in [-0.2, 0) is 9.53 Å². The molecule has 1 N–H and O–H groups in total. The van der Waals surface area contributed by atoms with Crippen molar-refractivity contribution in [2.75, 3.05) is 20.7 Å². The number of amides is 1. The van der Waals surface area contributed by atoms with Crippen molar-refractivity contribution < 1.29 is 14.3 Å². The average molecular weight is 302 g/mol. The van der Waals surface area contributed by atoms with Gasteiger partial charge < -0.3 is 14.6 Å². The van der Waals surface area contributed by atoms with E-state index in [4.69, 9.17) is 0 Å². The highest BCUT2D eigenvalue weighted by molar-refractivity contribution is 6.05. The largest absolute Gasteiger partial charge is 0.469 e. The summed E-state index contributed by atoms with van der Waals surface area (Å²) in [6, 6.07) is 8.47. The molecule has 2 aromatic rings. The Morgan fingerprint density at radius 3 is 2.73 bits per heavy atom. The van der Waals surface area contributed by atoms with Crippen molar-refractivity contribution in [2.24, 2.45) is 0 Å². The topological polar surface area (TPSA) is 79.5 Å². The molecule has 1 aromatic heterocycles. The average Bonchev–Trinajstić information content (AvgIpc) is 2.52. The van der Waals surface area contributed by atoms with Crippen LogP contribution in [0.1, 0.15) is 23.2 Å². The Labute approximate surface area is 127 Å². The molecule has 1 heterocycles. The second-order valence-electron chi connectivity index (χ2n) is 5.00. The van der Waals surface area contributed by atoms with Gasteiger partial charge in [-0.25, -0.2) is 0 Å². The van der Waals surface area contributed by atoms with E-state index in [-0.39, 0.29) is 23.9 Å². The van der Waals surface area contributed by atoms with Crippen molar-refractivity contribution in [1.82, 2.24) is 9.88 Å². The van der Waals surface area contributed by atoms with Gasteiger partial charge in [0, 0.05) is 37.0 Å². The van der Waals surface area contributed by atoms with E-state index in [1.165, 1.54) is 18.1 Å². The summed E-state index contributed by atoms with van der Waals surface area (Å²) in [5.74, 6) is -0.547. The Balaban J connectivity index is 2.18. The van der Waals surface area contributed by atoms with E-state index in [2.05, 4.69) is 9.72 Å². The quantitative estimate of drug-likeness (QED) is 0.850. The molecule has 0 fully saturated rings. The zero-order valence-electron chi connectivity index (χ0n) is 12.6. The highest BCUT2D eigenvalue weighted by Crippen LogP contribution is 2.16. The van der Waals surface area contributed by atoms with Gasteiger partial charge in [-0.15, -0.1) is 0 Å². The predicted molar refractivity (Wildman–Crippen MR) is 82.8 cm³/mol. The first-order valence-electron chi connectivity index (χ1n) is 6.97. The van der Waals surface area contributed by atoms with E-state index < -0.39 is 0 Å². The van der Waals surface area contributed by atoms with Crippen LogP contribution in [0.5, 0.6) is 0 Å². The first-order chi connectivity index (χ1) is 10.5. The van der Waals surface area contributed by atoms with Gasteiger partial charge in [0.2, 0.25) is 5.56 Å². The van der Waals surface area contributed by atoms with Gasteiger partial charge in [-0.1, -0.05) is 18.2 Å². The van der Waals surface area contributed by atoms with Crippen LogP contribution in [0.25, 0.3) is 10.9 Å². The van der Waals surface area contributed by atoms with Crippen LogP contribution in [0, 0.1) is 0 Å². The number of hydrogen-bond donors (Lipinski definition) is 1. The summed E-state index contributed by atoms with van der Waals surface area (Å²) in [7, 11) is 2.98. The van der Waals surface area contributed by atoms with Gasteiger partial charge in [0.25, 0.3) is 5.91 Å². The van der Waals surface area contributed by atoms with Gasteiger partial charge in [-0.05, 0) is 12.5 Å². The number of pyridine rings is 1. The number of rotatable bonds is 5. The van der Waals surface area contributed by atoms with Crippen molar-refractivity contribution in [1.29, 1.82) is 0 Å². The van der Waals surface area contributed by atoms with Crippen LogP contribution in [0.4, 0.5) is 0 Å². The molecular weight excluding hydrogens is 284 g/mol. The van der Waals surface area contributed by atoms with Gasteiger partial charge >= 0.3 is 5.97 Å². The Hall–Kier alpha value is -2.63. The van der Waals surface area contributed by atoms with Gasteiger partial charge in [0.15, 0.2) is 0 Å². The lowest BCUT2D eigenvalue weighted by molar-refractivity contribution is -0.140. The molecule has 0 aliphatic carbocycles. The predicted octanol–water partition coefficient (Wildman–Crippen LogP) is 1.55. The van der Waals surface area contributed by atoms with E-state index in [1.54, 1.807) is 25.2 Å². The van der Waals surface area contributed by atoms with E-state index in [0.717, 1.165) is 0 Å². The monoisotopic (exact) mass is 302 g/mol. The number of aromatic nitrogens is 1. The summed E-state index contributed by atoms with van der Waals surface area (Å²) in [4.78, 5) is 39.5. The van der Waals surface area contributed by atoms with Crippen molar-refractivity contribution >= 4 is 22.8 Å². The highest BCUT2D eigenvalue weighted by atomic mass is 16.5. The summed E-state index contributed by atoms with van der Waals surface area (Å²) in [6.45, 7) is 0.412. The summed E-state index contributed by atoms with van der Waals surface area (Å²) in [5.41, 5.74) is 0.672. The third-order valence-electron chi connectivity index (χ3n) is 3.43. The van der Waals surface area contributed by atoms with Crippen molar-refractivity contribution in [3.63, 3.8) is 0 Å². The zero-order valence-corrected chi connectivity index (χ0v) is 12.6. The maximum absolute atomic E-state index is 12.5. The van der Waals surface area contributed by atoms with Crippen LogP contribution >= 0.6 is 0 Å². The molecule has 0 spiro atoms. The van der Waals surface area contributed by atoms with Crippen molar-refractivity contribution in [3.8, 4) is 0 Å². The standard InChI is InChI=1S/C16H18N2O4/c1-18(9-5-8-15(20)22-2)16(21)12-10-14(19)17-13-7-4-3-6-11(12)13/h3-4,6-7,10H,5,8-9H2,1-2H3,(H,17,19). The molecular formula is C16H18N2O4. The second-order valence-corrected chi connectivity index (χ2v) is 5.00. The summed E-state index contributed by atoms with van der Waals surface area (Å²) >= 11 is 0. The molecule has 0 bridgehead atoms. The number of nitrogens with zero attached hydrogens (tertiary/aromatic N) is 1. The van der Waals surface area contributed by atoms with E-state index in [1.807, 2.05) is 6.07 Å². The van der Waals surface area contributed by atoms with Crippen LogP contribution in [0.15, 0.2) is 35.1 Å². The lowest BCUT2D eigenvalue weighted by Crippen LogP contribution is -2.29. The number of hydrogen-bond acceptors (Lipinski definition) is 4. The van der Waals surface area contributed by atoms with Crippen molar-refractivity contribution in [2.45, 2.75) is 12.8 Å². The molecule has 6 nitrogen and oxygen atoms in total. The van der Waals surface area contributed by atoms with Crippen LogP contribution in [0.2, 0.25) is 0 Å².